The smallest absolute Gasteiger partial charge is 0.416 e. The average Bonchev–Trinajstić information content (AvgIpc) is 2.92. The Balaban J connectivity index is 1.61. The van der Waals surface area contributed by atoms with Crippen molar-refractivity contribution in [2.24, 2.45) is 0 Å². The maximum Gasteiger partial charge on any atom is 0.416 e. The molecule has 1 aliphatic heterocycles. The molecule has 1 amide bonds. The van der Waals surface area contributed by atoms with E-state index in [9.17, 15) is 36.2 Å². The second-order valence-electron chi connectivity index (χ2n) is 9.73. The molecule has 0 saturated carbocycles. The number of piperidine rings is 1. The van der Waals surface area contributed by atoms with Gasteiger partial charge in [-0.25, -0.2) is 4.79 Å². The van der Waals surface area contributed by atoms with E-state index in [2.05, 4.69) is 0 Å². The summed E-state index contributed by atoms with van der Waals surface area (Å²) in [7, 11) is 0. The standard InChI is InChI=1S/C29H24F6N2O3/c30-28(31,32)24-3-1-2-23(15-24)27(8-10-37(11-9-27)26(38)39)18-40-17-20-12-22(14-25(13-20)29(33,34)35)21-6-4-19(16-36)5-7-21/h1-7,12-15H,8-11,17-18H2,(H,38,39). The number of carbonyl (C=O) groups is 1. The van der Waals surface area contributed by atoms with Crippen LogP contribution < -0.4 is 0 Å². The average molecular weight is 563 g/mol. The number of alkyl halides is 6. The summed E-state index contributed by atoms with van der Waals surface area (Å²) in [4.78, 5) is 12.6. The molecule has 1 saturated heterocycles. The zero-order valence-corrected chi connectivity index (χ0v) is 21.0. The van der Waals surface area contributed by atoms with E-state index >= 15 is 0 Å². The molecule has 0 unspecified atom stereocenters. The first kappa shape index (κ1) is 29.0. The highest BCUT2D eigenvalue weighted by Gasteiger charge is 2.40. The Morgan fingerprint density at radius 2 is 1.55 bits per heavy atom. The van der Waals surface area contributed by atoms with Gasteiger partial charge in [0.05, 0.1) is 36.0 Å². The summed E-state index contributed by atoms with van der Waals surface area (Å²) in [5.41, 5.74) is -1.09. The van der Waals surface area contributed by atoms with E-state index in [-0.39, 0.29) is 50.3 Å². The topological polar surface area (TPSA) is 73.6 Å². The van der Waals surface area contributed by atoms with Crippen molar-refractivity contribution in [3.8, 4) is 17.2 Å². The largest absolute Gasteiger partial charge is 0.465 e. The maximum absolute atomic E-state index is 13.7. The second-order valence-corrected chi connectivity index (χ2v) is 9.73. The zero-order valence-electron chi connectivity index (χ0n) is 21.0. The number of amides is 1. The van der Waals surface area contributed by atoms with Crippen LogP contribution in [-0.2, 0) is 29.1 Å². The molecule has 5 nitrogen and oxygen atoms in total. The van der Waals surface area contributed by atoms with E-state index in [1.165, 1.54) is 47.4 Å². The molecule has 11 heteroatoms. The van der Waals surface area contributed by atoms with Crippen LogP contribution in [0.1, 0.15) is 40.7 Å². The van der Waals surface area contributed by atoms with Crippen molar-refractivity contribution in [2.75, 3.05) is 19.7 Å². The number of halogens is 6. The number of benzene rings is 3. The molecule has 1 aliphatic rings. The van der Waals surface area contributed by atoms with E-state index < -0.39 is 35.0 Å². The predicted octanol–water partition coefficient (Wildman–Crippen LogP) is 7.49. The van der Waals surface area contributed by atoms with E-state index in [4.69, 9.17) is 10.00 Å². The van der Waals surface area contributed by atoms with Crippen LogP contribution in [0.25, 0.3) is 11.1 Å². The lowest BCUT2D eigenvalue weighted by atomic mass is 9.73. The number of hydrogen-bond acceptors (Lipinski definition) is 3. The highest BCUT2D eigenvalue weighted by molar-refractivity contribution is 5.66. The summed E-state index contributed by atoms with van der Waals surface area (Å²) < 4.78 is 87.2. The number of likely N-dealkylation sites (tertiary alicyclic amines) is 1. The molecular weight excluding hydrogens is 538 g/mol. The number of ether oxygens (including phenoxy) is 1. The fourth-order valence-electron chi connectivity index (χ4n) is 4.87. The third kappa shape index (κ3) is 6.57. The van der Waals surface area contributed by atoms with Gasteiger partial charge in [0.2, 0.25) is 0 Å². The minimum absolute atomic E-state index is 0.0708. The van der Waals surface area contributed by atoms with E-state index in [1.807, 2.05) is 6.07 Å². The lowest BCUT2D eigenvalue weighted by Gasteiger charge is -2.41. The number of nitrogens with zero attached hydrogens (tertiary/aromatic N) is 2. The SMILES string of the molecule is N#Cc1ccc(-c2cc(COCC3(c4cccc(C(F)(F)F)c4)CCN(C(=O)O)CC3)cc(C(F)(F)F)c2)cc1. The minimum atomic E-state index is -4.64. The number of nitriles is 1. The Bertz CT molecular complexity index is 1400. The van der Waals surface area contributed by atoms with Crippen LogP contribution >= 0.6 is 0 Å². The molecule has 0 spiro atoms. The molecule has 40 heavy (non-hydrogen) atoms. The van der Waals surface area contributed by atoms with Gasteiger partial charge >= 0.3 is 18.4 Å². The molecule has 4 rings (SSSR count). The third-order valence-corrected chi connectivity index (χ3v) is 7.11. The van der Waals surface area contributed by atoms with Gasteiger partial charge in [-0.05, 0) is 71.5 Å². The lowest BCUT2D eigenvalue weighted by molar-refractivity contribution is -0.138. The molecule has 0 atom stereocenters. The van der Waals surface area contributed by atoms with Gasteiger partial charge < -0.3 is 14.7 Å². The molecule has 0 aliphatic carbocycles. The second kappa shape index (κ2) is 11.2. The van der Waals surface area contributed by atoms with Crippen molar-refractivity contribution in [3.63, 3.8) is 0 Å². The third-order valence-electron chi connectivity index (χ3n) is 7.11. The summed E-state index contributed by atoms with van der Waals surface area (Å²) in [6, 6.07) is 16.3. The summed E-state index contributed by atoms with van der Waals surface area (Å²) in [6.45, 7) is -0.233. The van der Waals surface area contributed by atoms with Crippen LogP contribution in [0.5, 0.6) is 0 Å². The molecule has 0 bridgehead atoms. The Morgan fingerprint density at radius 3 is 2.12 bits per heavy atom. The van der Waals surface area contributed by atoms with E-state index in [1.54, 1.807) is 0 Å². The maximum atomic E-state index is 13.7. The van der Waals surface area contributed by atoms with Crippen molar-refractivity contribution in [1.82, 2.24) is 4.90 Å². The first-order chi connectivity index (χ1) is 18.8. The molecular formula is C29H24F6N2O3. The van der Waals surface area contributed by atoms with Crippen LogP contribution in [0.3, 0.4) is 0 Å². The fraction of sp³-hybridized carbons (Fsp3) is 0.310. The highest BCUT2D eigenvalue weighted by Crippen LogP contribution is 2.40. The van der Waals surface area contributed by atoms with Gasteiger partial charge in [-0.1, -0.05) is 30.3 Å². The van der Waals surface area contributed by atoms with Crippen LogP contribution in [0.2, 0.25) is 0 Å². The van der Waals surface area contributed by atoms with Gasteiger partial charge in [-0.15, -0.1) is 0 Å². The Hall–Kier alpha value is -4.04. The van der Waals surface area contributed by atoms with Crippen molar-refractivity contribution in [2.45, 2.75) is 37.2 Å². The van der Waals surface area contributed by atoms with Gasteiger partial charge in [0.25, 0.3) is 0 Å². The van der Waals surface area contributed by atoms with Crippen LogP contribution in [-0.4, -0.2) is 35.8 Å². The van der Waals surface area contributed by atoms with Crippen molar-refractivity contribution >= 4 is 6.09 Å². The quantitative estimate of drug-likeness (QED) is 0.316. The number of hydrogen-bond donors (Lipinski definition) is 1. The monoisotopic (exact) mass is 562 g/mol. The van der Waals surface area contributed by atoms with Crippen molar-refractivity contribution < 1.29 is 41.0 Å². The van der Waals surface area contributed by atoms with Crippen LogP contribution in [0.15, 0.2) is 66.7 Å². The lowest BCUT2D eigenvalue weighted by Crippen LogP contribution is -2.47. The number of carboxylic acid groups (broad SMARTS) is 1. The molecule has 0 radical (unpaired) electrons. The summed E-state index contributed by atoms with van der Waals surface area (Å²) >= 11 is 0. The van der Waals surface area contributed by atoms with E-state index in [0.29, 0.717) is 16.7 Å². The van der Waals surface area contributed by atoms with Crippen molar-refractivity contribution in [1.29, 1.82) is 5.26 Å². The van der Waals surface area contributed by atoms with Crippen molar-refractivity contribution in [3.05, 3.63) is 94.5 Å². The molecule has 1 heterocycles. The molecule has 0 aromatic heterocycles. The van der Waals surface area contributed by atoms with Gasteiger partial charge in [0, 0.05) is 18.5 Å². The highest BCUT2D eigenvalue weighted by atomic mass is 19.4. The Morgan fingerprint density at radius 1 is 0.900 bits per heavy atom. The van der Waals surface area contributed by atoms with Crippen LogP contribution in [0.4, 0.5) is 31.1 Å². The van der Waals surface area contributed by atoms with Gasteiger partial charge in [-0.2, -0.15) is 31.6 Å². The van der Waals surface area contributed by atoms with E-state index in [0.717, 1.165) is 24.3 Å². The van der Waals surface area contributed by atoms with Gasteiger partial charge in [0.1, 0.15) is 0 Å². The summed E-state index contributed by atoms with van der Waals surface area (Å²) in [6.07, 6.45) is -10.0. The molecule has 210 valence electrons. The Kier molecular flexibility index (Phi) is 8.12. The predicted molar refractivity (Wildman–Crippen MR) is 133 cm³/mol. The summed E-state index contributed by atoms with van der Waals surface area (Å²) in [5.74, 6) is 0. The Labute approximate surface area is 226 Å². The van der Waals surface area contributed by atoms with Crippen LogP contribution in [0, 0.1) is 11.3 Å². The minimum Gasteiger partial charge on any atom is -0.465 e. The first-order valence-electron chi connectivity index (χ1n) is 12.3. The normalized spacial score (nSPS) is 15.5. The number of rotatable bonds is 6. The molecule has 1 fully saturated rings. The molecule has 1 N–H and O–H groups in total. The first-order valence-corrected chi connectivity index (χ1v) is 12.3. The molecule has 3 aromatic carbocycles. The van der Waals surface area contributed by atoms with Gasteiger partial charge in [0.15, 0.2) is 0 Å². The van der Waals surface area contributed by atoms with Gasteiger partial charge in [-0.3, -0.25) is 0 Å². The summed E-state index contributed by atoms with van der Waals surface area (Å²) in [5, 5.41) is 18.3. The fourth-order valence-corrected chi connectivity index (χ4v) is 4.87. The molecule has 3 aromatic rings. The zero-order chi connectivity index (χ0) is 29.1.